The van der Waals surface area contributed by atoms with Crippen molar-refractivity contribution < 1.29 is 28.3 Å². The fourth-order valence-electron chi connectivity index (χ4n) is 5.23. The maximum atomic E-state index is 13.9. The third kappa shape index (κ3) is 4.84. The number of hydrogen-bond acceptors (Lipinski definition) is 8. The monoisotopic (exact) mass is 544 g/mol. The molecule has 0 N–H and O–H groups in total. The van der Waals surface area contributed by atoms with E-state index in [0.717, 1.165) is 22.1 Å². The zero-order chi connectivity index (χ0) is 28.6. The molecule has 0 fully saturated rings. The van der Waals surface area contributed by atoms with E-state index in [1.165, 1.54) is 18.2 Å². The van der Waals surface area contributed by atoms with E-state index in [2.05, 4.69) is 0 Å². The SMILES string of the molecule is COc1cc2c(cc1OC)[C@H](COc1ccc3c(C)cc(=O)oc3c1)N(C(=O)c1cccc([N+](=O)[O-])c1C)CC2. The van der Waals surface area contributed by atoms with Crippen LogP contribution in [0.2, 0.25) is 0 Å². The highest BCUT2D eigenvalue weighted by Crippen LogP contribution is 2.39. The van der Waals surface area contributed by atoms with Crippen molar-refractivity contribution in [3.63, 3.8) is 0 Å². The van der Waals surface area contributed by atoms with Crippen molar-refractivity contribution >= 4 is 22.6 Å². The van der Waals surface area contributed by atoms with Crippen molar-refractivity contribution in [3.8, 4) is 17.2 Å². The highest BCUT2D eigenvalue weighted by Gasteiger charge is 2.34. The second-order valence-electron chi connectivity index (χ2n) is 9.59. The molecule has 5 rings (SSSR count). The molecule has 0 bridgehead atoms. The number of nitro benzene ring substituents is 1. The van der Waals surface area contributed by atoms with Crippen molar-refractivity contribution in [3.05, 3.63) is 103 Å². The van der Waals surface area contributed by atoms with E-state index in [1.54, 1.807) is 44.2 Å². The minimum atomic E-state index is -0.546. The van der Waals surface area contributed by atoms with Crippen molar-refractivity contribution in [2.75, 3.05) is 27.4 Å². The quantitative estimate of drug-likeness (QED) is 0.178. The van der Waals surface area contributed by atoms with E-state index in [4.69, 9.17) is 18.6 Å². The molecule has 0 saturated heterocycles. The van der Waals surface area contributed by atoms with Gasteiger partial charge in [-0.05, 0) is 67.3 Å². The normalized spacial score (nSPS) is 14.5. The first kappa shape index (κ1) is 26.7. The minimum absolute atomic E-state index is 0.0732. The van der Waals surface area contributed by atoms with Crippen LogP contribution in [0.1, 0.15) is 38.7 Å². The van der Waals surface area contributed by atoms with E-state index < -0.39 is 16.6 Å². The highest BCUT2D eigenvalue weighted by atomic mass is 16.6. The number of nitro groups is 1. The number of fused-ring (bicyclic) bond motifs is 2. The smallest absolute Gasteiger partial charge is 0.336 e. The molecule has 0 radical (unpaired) electrons. The van der Waals surface area contributed by atoms with Crippen LogP contribution in [-0.2, 0) is 6.42 Å². The molecule has 1 aliphatic rings. The van der Waals surface area contributed by atoms with Gasteiger partial charge in [-0.25, -0.2) is 4.79 Å². The lowest BCUT2D eigenvalue weighted by atomic mass is 9.91. The van der Waals surface area contributed by atoms with Crippen molar-refractivity contribution in [2.24, 2.45) is 0 Å². The number of hydrogen-bond donors (Lipinski definition) is 0. The Morgan fingerprint density at radius 3 is 2.55 bits per heavy atom. The number of nitrogens with zero attached hydrogens (tertiary/aromatic N) is 2. The summed E-state index contributed by atoms with van der Waals surface area (Å²) in [5.41, 5.74) is 2.99. The zero-order valence-corrected chi connectivity index (χ0v) is 22.6. The van der Waals surface area contributed by atoms with Crippen molar-refractivity contribution in [2.45, 2.75) is 26.3 Å². The maximum absolute atomic E-state index is 13.9. The number of aryl methyl sites for hydroxylation is 1. The second kappa shape index (κ2) is 10.7. The summed E-state index contributed by atoms with van der Waals surface area (Å²) in [6.45, 7) is 3.85. The largest absolute Gasteiger partial charge is 0.493 e. The van der Waals surface area contributed by atoms with Gasteiger partial charge in [-0.2, -0.15) is 0 Å². The third-order valence-corrected chi connectivity index (χ3v) is 7.33. The lowest BCUT2D eigenvalue weighted by molar-refractivity contribution is -0.385. The predicted octanol–water partition coefficient (Wildman–Crippen LogP) is 5.15. The molecule has 0 saturated carbocycles. The van der Waals surface area contributed by atoms with Crippen LogP contribution >= 0.6 is 0 Å². The summed E-state index contributed by atoms with van der Waals surface area (Å²) in [5, 5.41) is 12.3. The Morgan fingerprint density at radius 1 is 1.07 bits per heavy atom. The highest BCUT2D eigenvalue weighted by molar-refractivity contribution is 5.97. The Morgan fingerprint density at radius 2 is 1.82 bits per heavy atom. The zero-order valence-electron chi connectivity index (χ0n) is 22.6. The summed E-state index contributed by atoms with van der Waals surface area (Å²) < 4.78 is 22.6. The number of benzene rings is 3. The Bertz CT molecular complexity index is 1690. The van der Waals surface area contributed by atoms with Crippen LogP contribution in [0.4, 0.5) is 5.69 Å². The molecular formula is C30H28N2O8. The summed E-state index contributed by atoms with van der Waals surface area (Å²) in [4.78, 5) is 38.5. The summed E-state index contributed by atoms with van der Waals surface area (Å²) >= 11 is 0. The third-order valence-electron chi connectivity index (χ3n) is 7.33. The lowest BCUT2D eigenvalue weighted by Crippen LogP contribution is -2.42. The maximum Gasteiger partial charge on any atom is 0.336 e. The average Bonchev–Trinajstić information content (AvgIpc) is 2.94. The Hall–Kier alpha value is -4.86. The fraction of sp³-hybridized carbons (Fsp3) is 0.267. The van der Waals surface area contributed by atoms with Gasteiger partial charge in [0.25, 0.3) is 11.6 Å². The number of carbonyl (C=O) groups is 1. The van der Waals surface area contributed by atoms with E-state index >= 15 is 0 Å². The molecule has 1 atom stereocenters. The van der Waals surface area contributed by atoms with Crippen LogP contribution in [0, 0.1) is 24.0 Å². The Kier molecular flexibility index (Phi) is 7.17. The van der Waals surface area contributed by atoms with Crippen LogP contribution < -0.4 is 19.8 Å². The van der Waals surface area contributed by atoms with Gasteiger partial charge in [0.05, 0.1) is 25.2 Å². The van der Waals surface area contributed by atoms with Gasteiger partial charge < -0.3 is 23.5 Å². The predicted molar refractivity (Wildman–Crippen MR) is 148 cm³/mol. The van der Waals surface area contributed by atoms with Crippen LogP contribution in [0.5, 0.6) is 17.2 Å². The molecule has 10 heteroatoms. The van der Waals surface area contributed by atoms with Gasteiger partial charge in [0.2, 0.25) is 0 Å². The van der Waals surface area contributed by atoms with Gasteiger partial charge in [-0.3, -0.25) is 14.9 Å². The molecule has 0 aliphatic carbocycles. The standard InChI is InChI=1S/C30H28N2O8/c1-17-12-29(33)40-26-14-20(8-9-21(17)26)39-16-25-23-15-28(38-4)27(37-3)13-19(23)10-11-31(25)30(34)22-6-5-7-24(18(22)2)32(35)36/h5-9,12-15,25H,10-11,16H2,1-4H3/t25-/m0/s1. The van der Waals surface area contributed by atoms with Gasteiger partial charge in [0.1, 0.15) is 17.9 Å². The summed E-state index contributed by atoms with van der Waals surface area (Å²) in [6, 6.07) is 14.4. The first-order valence-corrected chi connectivity index (χ1v) is 12.7. The molecule has 4 aromatic rings. The topological polar surface area (TPSA) is 121 Å². The number of ether oxygens (including phenoxy) is 3. The summed E-state index contributed by atoms with van der Waals surface area (Å²) in [6.07, 6.45) is 0.548. The van der Waals surface area contributed by atoms with E-state index in [9.17, 15) is 19.7 Å². The van der Waals surface area contributed by atoms with Crippen molar-refractivity contribution in [1.29, 1.82) is 0 Å². The molecule has 40 heavy (non-hydrogen) atoms. The van der Waals surface area contributed by atoms with Gasteiger partial charge in [-0.15, -0.1) is 0 Å². The first-order valence-electron chi connectivity index (χ1n) is 12.7. The van der Waals surface area contributed by atoms with E-state index in [1.807, 2.05) is 25.1 Å². The van der Waals surface area contributed by atoms with Crippen LogP contribution in [0.25, 0.3) is 11.0 Å². The number of methoxy groups -OCH3 is 2. The molecule has 0 spiro atoms. The average molecular weight is 545 g/mol. The van der Waals surface area contributed by atoms with Crippen LogP contribution in [0.15, 0.2) is 63.8 Å². The molecular weight excluding hydrogens is 516 g/mol. The number of amides is 1. The van der Waals surface area contributed by atoms with Gasteiger partial charge in [-0.1, -0.05) is 6.07 Å². The second-order valence-corrected chi connectivity index (χ2v) is 9.59. The van der Waals surface area contributed by atoms with Crippen LogP contribution in [0.3, 0.4) is 0 Å². The van der Waals surface area contributed by atoms with E-state index in [0.29, 0.717) is 41.4 Å². The van der Waals surface area contributed by atoms with Gasteiger partial charge in [0.15, 0.2) is 11.5 Å². The summed E-state index contributed by atoms with van der Waals surface area (Å²) in [7, 11) is 3.10. The van der Waals surface area contributed by atoms with Crippen molar-refractivity contribution in [1.82, 2.24) is 4.90 Å². The molecule has 206 valence electrons. The number of rotatable bonds is 7. The Balaban J connectivity index is 1.54. The molecule has 2 heterocycles. The minimum Gasteiger partial charge on any atom is -0.493 e. The molecule has 0 unspecified atom stereocenters. The van der Waals surface area contributed by atoms with Gasteiger partial charge >= 0.3 is 5.63 Å². The molecule has 10 nitrogen and oxygen atoms in total. The molecule has 1 amide bonds. The molecule has 3 aromatic carbocycles. The Labute approximate surface area is 229 Å². The molecule has 1 aromatic heterocycles. The van der Waals surface area contributed by atoms with E-state index in [-0.39, 0.29) is 23.8 Å². The fourth-order valence-corrected chi connectivity index (χ4v) is 5.23. The number of carbonyl (C=O) groups excluding carboxylic acids is 1. The van der Waals surface area contributed by atoms with Gasteiger partial charge in [0, 0.05) is 41.3 Å². The first-order chi connectivity index (χ1) is 19.2. The molecule has 1 aliphatic heterocycles. The lowest BCUT2D eigenvalue weighted by Gasteiger charge is -2.38. The van der Waals surface area contributed by atoms with Crippen LogP contribution in [-0.4, -0.2) is 43.1 Å². The summed E-state index contributed by atoms with van der Waals surface area (Å²) in [5.74, 6) is 1.22.